The molecule has 2 N–H and O–H groups in total. The van der Waals surface area contributed by atoms with Crippen LogP contribution in [-0.4, -0.2) is 6.10 Å². The molecule has 0 aliphatic carbocycles. The number of rotatable bonds is 3. The van der Waals surface area contributed by atoms with Crippen molar-refractivity contribution in [2.24, 2.45) is 5.73 Å². The molecule has 15 heavy (non-hydrogen) atoms. The van der Waals surface area contributed by atoms with Crippen molar-refractivity contribution in [3.05, 3.63) is 29.1 Å². The quantitative estimate of drug-likeness (QED) is 0.834. The first-order valence-electron chi connectivity index (χ1n) is 5.14. The van der Waals surface area contributed by atoms with E-state index in [1.165, 1.54) is 6.07 Å². The van der Waals surface area contributed by atoms with Crippen molar-refractivity contribution in [2.75, 3.05) is 0 Å². The van der Waals surface area contributed by atoms with E-state index in [0.29, 0.717) is 16.9 Å². The Morgan fingerprint density at radius 2 is 1.87 bits per heavy atom. The first-order valence-corrected chi connectivity index (χ1v) is 5.14. The monoisotopic (exact) mass is 211 g/mol. The number of aryl methyl sites for hydroxylation is 1. The van der Waals surface area contributed by atoms with E-state index in [1.807, 2.05) is 20.8 Å². The van der Waals surface area contributed by atoms with Gasteiger partial charge in [-0.1, -0.05) is 0 Å². The van der Waals surface area contributed by atoms with Gasteiger partial charge in [0.2, 0.25) is 0 Å². The lowest BCUT2D eigenvalue weighted by Crippen LogP contribution is -2.12. The third-order valence-corrected chi connectivity index (χ3v) is 2.14. The van der Waals surface area contributed by atoms with Gasteiger partial charge in [-0.3, -0.25) is 0 Å². The molecule has 84 valence electrons. The predicted molar refractivity (Wildman–Crippen MR) is 59.5 cm³/mol. The molecular weight excluding hydrogens is 193 g/mol. The van der Waals surface area contributed by atoms with Crippen LogP contribution in [0.1, 0.15) is 37.9 Å². The first kappa shape index (κ1) is 12.0. The van der Waals surface area contributed by atoms with Crippen LogP contribution in [0, 0.1) is 12.7 Å². The fourth-order valence-corrected chi connectivity index (χ4v) is 1.38. The molecule has 0 heterocycles. The fraction of sp³-hybridized carbons (Fsp3) is 0.500. The summed E-state index contributed by atoms with van der Waals surface area (Å²) in [4.78, 5) is 0. The van der Waals surface area contributed by atoms with Gasteiger partial charge in [-0.15, -0.1) is 0 Å². The predicted octanol–water partition coefficient (Wildman–Crippen LogP) is 2.94. The number of hydrogen-bond donors (Lipinski definition) is 1. The van der Waals surface area contributed by atoms with Crippen molar-refractivity contribution in [2.45, 2.75) is 39.8 Å². The normalized spacial score (nSPS) is 13.0. The van der Waals surface area contributed by atoms with Gasteiger partial charge < -0.3 is 10.5 Å². The topological polar surface area (TPSA) is 35.2 Å². The molecule has 0 spiro atoms. The van der Waals surface area contributed by atoms with Crippen molar-refractivity contribution >= 4 is 0 Å². The van der Waals surface area contributed by atoms with Crippen LogP contribution in [-0.2, 0) is 0 Å². The van der Waals surface area contributed by atoms with Gasteiger partial charge in [-0.05, 0) is 45.4 Å². The van der Waals surface area contributed by atoms with Gasteiger partial charge in [0.1, 0.15) is 11.6 Å². The molecule has 0 aliphatic heterocycles. The van der Waals surface area contributed by atoms with E-state index in [-0.39, 0.29) is 18.0 Å². The van der Waals surface area contributed by atoms with E-state index in [2.05, 4.69) is 0 Å². The average Bonchev–Trinajstić information content (AvgIpc) is 2.09. The van der Waals surface area contributed by atoms with E-state index in [4.69, 9.17) is 10.5 Å². The van der Waals surface area contributed by atoms with Gasteiger partial charge in [0, 0.05) is 11.6 Å². The van der Waals surface area contributed by atoms with Gasteiger partial charge in [-0.25, -0.2) is 4.39 Å². The average molecular weight is 211 g/mol. The summed E-state index contributed by atoms with van der Waals surface area (Å²) in [7, 11) is 0. The maximum Gasteiger partial charge on any atom is 0.126 e. The molecule has 1 atom stereocenters. The second-order valence-electron chi connectivity index (χ2n) is 4.09. The van der Waals surface area contributed by atoms with Gasteiger partial charge in [-0.2, -0.15) is 0 Å². The number of nitrogens with two attached hydrogens (primary N) is 1. The van der Waals surface area contributed by atoms with Crippen LogP contribution in [0.25, 0.3) is 0 Å². The maximum atomic E-state index is 13.3. The molecular formula is C12H18FNO. The lowest BCUT2D eigenvalue weighted by Gasteiger charge is -2.17. The Morgan fingerprint density at radius 1 is 1.27 bits per heavy atom. The number of halogens is 1. The Balaban J connectivity index is 3.16. The van der Waals surface area contributed by atoms with Crippen LogP contribution in [0.15, 0.2) is 12.1 Å². The van der Waals surface area contributed by atoms with Crippen LogP contribution in [0.3, 0.4) is 0 Å². The summed E-state index contributed by atoms with van der Waals surface area (Å²) in [6, 6.07) is 2.93. The van der Waals surface area contributed by atoms with Gasteiger partial charge in [0.05, 0.1) is 6.10 Å². The third kappa shape index (κ3) is 2.93. The molecule has 0 aromatic heterocycles. The fourth-order valence-electron chi connectivity index (χ4n) is 1.38. The number of hydrogen-bond acceptors (Lipinski definition) is 2. The molecule has 1 unspecified atom stereocenters. The van der Waals surface area contributed by atoms with E-state index < -0.39 is 0 Å². The van der Waals surface area contributed by atoms with Crippen molar-refractivity contribution in [3.63, 3.8) is 0 Å². The summed E-state index contributed by atoms with van der Waals surface area (Å²) >= 11 is 0. The lowest BCUT2D eigenvalue weighted by molar-refractivity contribution is 0.238. The molecule has 0 radical (unpaired) electrons. The Bertz CT molecular complexity index is 348. The van der Waals surface area contributed by atoms with Crippen LogP contribution >= 0.6 is 0 Å². The summed E-state index contributed by atoms with van der Waals surface area (Å²) in [6.07, 6.45) is 0.0624. The second kappa shape index (κ2) is 4.62. The molecule has 0 amide bonds. The Labute approximate surface area is 90.2 Å². The zero-order chi connectivity index (χ0) is 11.6. The van der Waals surface area contributed by atoms with Gasteiger partial charge >= 0.3 is 0 Å². The zero-order valence-corrected chi connectivity index (χ0v) is 9.67. The summed E-state index contributed by atoms with van der Waals surface area (Å²) in [5.74, 6) is 0.442. The Morgan fingerprint density at radius 3 is 2.33 bits per heavy atom. The van der Waals surface area contributed by atoms with Crippen LogP contribution < -0.4 is 10.5 Å². The lowest BCUT2D eigenvalue weighted by atomic mass is 10.0. The van der Waals surface area contributed by atoms with Crippen molar-refractivity contribution < 1.29 is 9.13 Å². The first-order chi connectivity index (χ1) is 6.91. The highest BCUT2D eigenvalue weighted by Crippen LogP contribution is 2.27. The molecule has 0 aliphatic rings. The molecule has 3 heteroatoms. The van der Waals surface area contributed by atoms with Crippen molar-refractivity contribution in [1.82, 2.24) is 0 Å². The van der Waals surface area contributed by atoms with E-state index >= 15 is 0 Å². The summed E-state index contributed by atoms with van der Waals surface area (Å²) < 4.78 is 18.9. The van der Waals surface area contributed by atoms with Gasteiger partial charge in [0.15, 0.2) is 0 Å². The number of benzene rings is 1. The van der Waals surface area contributed by atoms with Crippen molar-refractivity contribution in [3.8, 4) is 5.75 Å². The smallest absolute Gasteiger partial charge is 0.126 e. The molecule has 1 aromatic carbocycles. The highest BCUT2D eigenvalue weighted by atomic mass is 19.1. The van der Waals surface area contributed by atoms with Gasteiger partial charge in [0.25, 0.3) is 0 Å². The highest BCUT2D eigenvalue weighted by Gasteiger charge is 2.12. The Hall–Kier alpha value is -1.09. The van der Waals surface area contributed by atoms with E-state index in [9.17, 15) is 4.39 Å². The second-order valence-corrected chi connectivity index (χ2v) is 4.09. The molecule has 0 bridgehead atoms. The minimum atomic E-state index is -0.238. The molecule has 0 fully saturated rings. The third-order valence-electron chi connectivity index (χ3n) is 2.14. The molecule has 0 saturated carbocycles. The minimum Gasteiger partial charge on any atom is -0.491 e. The summed E-state index contributed by atoms with van der Waals surface area (Å²) in [6.45, 7) is 7.40. The minimum absolute atomic E-state index is 0.0624. The Kier molecular flexibility index (Phi) is 3.69. The standard InChI is InChI=1S/C12H18FNO/c1-7(2)15-12-5-8(3)11(13)6-10(12)9(4)14/h5-7,9H,14H2,1-4H3. The molecule has 1 rings (SSSR count). The van der Waals surface area contributed by atoms with Crippen LogP contribution in [0.4, 0.5) is 4.39 Å². The van der Waals surface area contributed by atoms with Crippen molar-refractivity contribution in [1.29, 1.82) is 0 Å². The summed E-state index contributed by atoms with van der Waals surface area (Å²) in [5, 5.41) is 0. The maximum absolute atomic E-state index is 13.3. The SMILES string of the molecule is Cc1cc(OC(C)C)c(C(C)N)cc1F. The van der Waals surface area contributed by atoms with E-state index in [0.717, 1.165) is 0 Å². The van der Waals surface area contributed by atoms with Crippen LogP contribution in [0.2, 0.25) is 0 Å². The highest BCUT2D eigenvalue weighted by molar-refractivity contribution is 5.39. The summed E-state index contributed by atoms with van der Waals surface area (Å²) in [5.41, 5.74) is 7.06. The van der Waals surface area contributed by atoms with E-state index in [1.54, 1.807) is 13.0 Å². The molecule has 0 saturated heterocycles. The van der Waals surface area contributed by atoms with Crippen LogP contribution in [0.5, 0.6) is 5.75 Å². The number of ether oxygens (including phenoxy) is 1. The zero-order valence-electron chi connectivity index (χ0n) is 9.67. The molecule has 1 aromatic rings. The largest absolute Gasteiger partial charge is 0.491 e. The molecule has 2 nitrogen and oxygen atoms in total.